The van der Waals surface area contributed by atoms with Crippen LogP contribution >= 0.6 is 0 Å². The number of anilines is 2. The van der Waals surface area contributed by atoms with E-state index in [1.807, 2.05) is 13.8 Å². The molecule has 4 nitrogen and oxygen atoms in total. The minimum absolute atomic E-state index is 0.00784. The summed E-state index contributed by atoms with van der Waals surface area (Å²) in [6.45, 7) is 6.27. The maximum absolute atomic E-state index is 11.6. The van der Waals surface area contributed by atoms with Gasteiger partial charge in [-0.25, -0.2) is 0 Å². The molecule has 0 radical (unpaired) electrons. The molecule has 1 rings (SSSR count). The quantitative estimate of drug-likeness (QED) is 0.742. The highest BCUT2D eigenvalue weighted by atomic mass is 16.2. The van der Waals surface area contributed by atoms with Crippen LogP contribution in [-0.2, 0) is 4.79 Å². The number of rotatable bonds is 5. The Hall–Kier alpha value is -1.55. The van der Waals surface area contributed by atoms with Crippen molar-refractivity contribution < 1.29 is 4.79 Å². The molecule has 1 amide bonds. The zero-order valence-corrected chi connectivity index (χ0v) is 9.86. The molecule has 0 aromatic heterocycles. The van der Waals surface area contributed by atoms with Crippen LogP contribution in [0.25, 0.3) is 0 Å². The summed E-state index contributed by atoms with van der Waals surface area (Å²) in [7, 11) is 0. The Morgan fingerprint density at radius 3 is 2.31 bits per heavy atom. The van der Waals surface area contributed by atoms with Gasteiger partial charge in [-0.1, -0.05) is 13.8 Å². The molecule has 0 saturated heterocycles. The topological polar surface area (TPSA) is 58.4 Å². The van der Waals surface area contributed by atoms with E-state index in [0.29, 0.717) is 12.2 Å². The minimum Gasteiger partial charge on any atom is -0.399 e. The number of hydrogen-bond donors (Lipinski definition) is 2. The van der Waals surface area contributed by atoms with Gasteiger partial charge in [0.1, 0.15) is 0 Å². The normalized spacial score (nSPS) is 10.4. The van der Waals surface area contributed by atoms with Gasteiger partial charge in [-0.05, 0) is 37.4 Å². The minimum atomic E-state index is 0.00784. The van der Waals surface area contributed by atoms with Gasteiger partial charge in [0.05, 0.1) is 6.54 Å². The number of carbonyl (C=O) groups is 1. The van der Waals surface area contributed by atoms with Gasteiger partial charge < -0.3 is 11.1 Å². The van der Waals surface area contributed by atoms with Gasteiger partial charge in [0.2, 0.25) is 5.91 Å². The van der Waals surface area contributed by atoms with E-state index in [1.165, 1.54) is 0 Å². The van der Waals surface area contributed by atoms with Crippen molar-refractivity contribution in [1.82, 2.24) is 4.90 Å². The second-order valence-electron chi connectivity index (χ2n) is 3.63. The number of nitrogens with one attached hydrogen (secondary N) is 1. The highest BCUT2D eigenvalue weighted by molar-refractivity contribution is 5.92. The zero-order valence-electron chi connectivity index (χ0n) is 9.86. The predicted molar refractivity (Wildman–Crippen MR) is 67.3 cm³/mol. The highest BCUT2D eigenvalue weighted by Crippen LogP contribution is 2.10. The summed E-state index contributed by atoms with van der Waals surface area (Å²) in [5.74, 6) is 0.00784. The summed E-state index contributed by atoms with van der Waals surface area (Å²) in [5, 5.41) is 2.83. The first kappa shape index (κ1) is 12.5. The molecule has 0 aliphatic heterocycles. The van der Waals surface area contributed by atoms with Crippen molar-refractivity contribution in [3.05, 3.63) is 24.3 Å². The van der Waals surface area contributed by atoms with Crippen molar-refractivity contribution in [2.45, 2.75) is 13.8 Å². The van der Waals surface area contributed by atoms with Crippen LogP contribution in [0, 0.1) is 0 Å². The number of carbonyl (C=O) groups excluding carboxylic acids is 1. The molecule has 3 N–H and O–H groups in total. The van der Waals surface area contributed by atoms with Crippen molar-refractivity contribution >= 4 is 17.3 Å². The third kappa shape index (κ3) is 3.90. The van der Waals surface area contributed by atoms with Crippen LogP contribution in [0.15, 0.2) is 24.3 Å². The average molecular weight is 221 g/mol. The number of likely N-dealkylation sites (N-methyl/N-ethyl adjacent to an activating group) is 1. The van der Waals surface area contributed by atoms with Gasteiger partial charge in [-0.15, -0.1) is 0 Å². The maximum atomic E-state index is 11.6. The van der Waals surface area contributed by atoms with Crippen LogP contribution in [0.3, 0.4) is 0 Å². The van der Waals surface area contributed by atoms with Crippen LogP contribution in [-0.4, -0.2) is 30.4 Å². The fourth-order valence-corrected chi connectivity index (χ4v) is 1.42. The molecule has 4 heteroatoms. The van der Waals surface area contributed by atoms with Crippen LogP contribution in [0.5, 0.6) is 0 Å². The number of amides is 1. The molecule has 0 aliphatic carbocycles. The number of nitrogen functional groups attached to an aromatic ring is 1. The van der Waals surface area contributed by atoms with E-state index in [4.69, 9.17) is 5.73 Å². The molecule has 0 unspecified atom stereocenters. The number of nitrogens with two attached hydrogens (primary N) is 1. The summed E-state index contributed by atoms with van der Waals surface area (Å²) in [4.78, 5) is 13.7. The smallest absolute Gasteiger partial charge is 0.238 e. The predicted octanol–water partition coefficient (Wildman–Crippen LogP) is 1.55. The van der Waals surface area contributed by atoms with Crippen LogP contribution in [0.1, 0.15) is 13.8 Å². The Bertz CT molecular complexity index is 331. The Labute approximate surface area is 96.4 Å². The van der Waals surface area contributed by atoms with Gasteiger partial charge in [0.15, 0.2) is 0 Å². The maximum Gasteiger partial charge on any atom is 0.238 e. The second-order valence-corrected chi connectivity index (χ2v) is 3.63. The molecule has 1 aromatic carbocycles. The molecule has 88 valence electrons. The molecular formula is C12H19N3O. The third-order valence-electron chi connectivity index (χ3n) is 2.46. The Morgan fingerprint density at radius 1 is 1.25 bits per heavy atom. The monoisotopic (exact) mass is 221 g/mol. The molecule has 0 spiro atoms. The van der Waals surface area contributed by atoms with E-state index in [1.54, 1.807) is 24.3 Å². The van der Waals surface area contributed by atoms with E-state index < -0.39 is 0 Å². The first-order valence-electron chi connectivity index (χ1n) is 5.53. The van der Waals surface area contributed by atoms with Crippen LogP contribution < -0.4 is 11.1 Å². The lowest BCUT2D eigenvalue weighted by Crippen LogP contribution is -2.32. The summed E-state index contributed by atoms with van der Waals surface area (Å²) in [5.41, 5.74) is 7.04. The molecule has 0 saturated carbocycles. The zero-order chi connectivity index (χ0) is 12.0. The van der Waals surface area contributed by atoms with E-state index in [0.717, 1.165) is 18.8 Å². The highest BCUT2D eigenvalue weighted by Gasteiger charge is 2.06. The van der Waals surface area contributed by atoms with Crippen LogP contribution in [0.2, 0.25) is 0 Å². The van der Waals surface area contributed by atoms with E-state index in [9.17, 15) is 4.79 Å². The molecule has 16 heavy (non-hydrogen) atoms. The van der Waals surface area contributed by atoms with Gasteiger partial charge >= 0.3 is 0 Å². The molecular weight excluding hydrogens is 202 g/mol. The van der Waals surface area contributed by atoms with Crippen molar-refractivity contribution in [3.63, 3.8) is 0 Å². The lowest BCUT2D eigenvalue weighted by molar-refractivity contribution is -0.117. The molecule has 1 aromatic rings. The SMILES string of the molecule is CCN(CC)CC(=O)Nc1ccc(N)cc1. The molecule has 0 aliphatic rings. The van der Waals surface area contributed by atoms with Crippen molar-refractivity contribution in [1.29, 1.82) is 0 Å². The fraction of sp³-hybridized carbons (Fsp3) is 0.417. The van der Waals surface area contributed by atoms with Gasteiger partial charge in [0.25, 0.3) is 0 Å². The standard InChI is InChI=1S/C12H19N3O/c1-3-15(4-2)9-12(16)14-11-7-5-10(13)6-8-11/h5-8H,3-4,9,13H2,1-2H3,(H,14,16). The van der Waals surface area contributed by atoms with Crippen molar-refractivity contribution in [2.24, 2.45) is 0 Å². The van der Waals surface area contributed by atoms with E-state index >= 15 is 0 Å². The molecule has 0 atom stereocenters. The lowest BCUT2D eigenvalue weighted by atomic mass is 10.3. The van der Waals surface area contributed by atoms with Gasteiger partial charge in [-0.3, -0.25) is 9.69 Å². The second kappa shape index (κ2) is 6.12. The third-order valence-corrected chi connectivity index (χ3v) is 2.46. The number of benzene rings is 1. The first-order chi connectivity index (χ1) is 7.65. The van der Waals surface area contributed by atoms with Crippen molar-refractivity contribution in [3.8, 4) is 0 Å². The average Bonchev–Trinajstić information content (AvgIpc) is 2.29. The summed E-state index contributed by atoms with van der Waals surface area (Å²) >= 11 is 0. The fourth-order valence-electron chi connectivity index (χ4n) is 1.42. The van der Waals surface area contributed by atoms with E-state index in [2.05, 4.69) is 10.2 Å². The van der Waals surface area contributed by atoms with Crippen molar-refractivity contribution in [2.75, 3.05) is 30.7 Å². The summed E-state index contributed by atoms with van der Waals surface area (Å²) < 4.78 is 0. The molecule has 0 fully saturated rings. The lowest BCUT2D eigenvalue weighted by Gasteiger charge is -2.17. The number of nitrogens with zero attached hydrogens (tertiary/aromatic N) is 1. The first-order valence-corrected chi connectivity index (χ1v) is 5.53. The largest absolute Gasteiger partial charge is 0.399 e. The molecule has 0 heterocycles. The van der Waals surface area contributed by atoms with E-state index in [-0.39, 0.29) is 5.91 Å². The Morgan fingerprint density at radius 2 is 1.81 bits per heavy atom. The van der Waals surface area contributed by atoms with Gasteiger partial charge in [0, 0.05) is 11.4 Å². The number of hydrogen-bond acceptors (Lipinski definition) is 3. The molecule has 0 bridgehead atoms. The van der Waals surface area contributed by atoms with Crippen LogP contribution in [0.4, 0.5) is 11.4 Å². The Kier molecular flexibility index (Phi) is 4.79. The Balaban J connectivity index is 2.48. The van der Waals surface area contributed by atoms with Gasteiger partial charge in [-0.2, -0.15) is 0 Å². The summed E-state index contributed by atoms with van der Waals surface area (Å²) in [6, 6.07) is 7.14. The summed E-state index contributed by atoms with van der Waals surface area (Å²) in [6.07, 6.45) is 0.